The quantitative estimate of drug-likeness (QED) is 0.906. The number of rotatable bonds is 4. The molecule has 1 aliphatic rings. The van der Waals surface area contributed by atoms with Crippen molar-refractivity contribution in [2.75, 3.05) is 11.9 Å². The molecule has 0 aliphatic carbocycles. The van der Waals surface area contributed by atoms with Crippen LogP contribution in [0.1, 0.15) is 18.9 Å². The molecule has 2 amide bonds. The number of aromatic nitrogens is 1. The second kappa shape index (κ2) is 5.83. The number of nitrogens with one attached hydrogen (secondary N) is 2. The second-order valence-electron chi connectivity index (χ2n) is 4.94. The fourth-order valence-corrected chi connectivity index (χ4v) is 2.24. The van der Waals surface area contributed by atoms with Crippen LogP contribution >= 0.6 is 0 Å². The van der Waals surface area contributed by atoms with Crippen molar-refractivity contribution in [1.82, 2.24) is 10.3 Å². The fourth-order valence-electron chi connectivity index (χ4n) is 2.24. The Morgan fingerprint density at radius 2 is 2.14 bits per heavy atom. The number of fused-ring (bicyclic) bond motifs is 1. The summed E-state index contributed by atoms with van der Waals surface area (Å²) in [6.07, 6.45) is 4.47. The van der Waals surface area contributed by atoms with E-state index >= 15 is 0 Å². The molecule has 108 valence electrons. The van der Waals surface area contributed by atoms with Crippen LogP contribution in [0, 0.1) is 0 Å². The predicted molar refractivity (Wildman–Crippen MR) is 81.3 cm³/mol. The van der Waals surface area contributed by atoms with E-state index < -0.39 is 0 Å². The van der Waals surface area contributed by atoms with E-state index in [0.29, 0.717) is 13.2 Å². The first-order chi connectivity index (χ1) is 10.3. The van der Waals surface area contributed by atoms with Gasteiger partial charge >= 0.3 is 6.03 Å². The summed E-state index contributed by atoms with van der Waals surface area (Å²) in [5, 5.41) is 5.56. The normalized spacial score (nSPS) is 13.1. The van der Waals surface area contributed by atoms with Gasteiger partial charge in [-0.1, -0.05) is 19.1 Å². The summed E-state index contributed by atoms with van der Waals surface area (Å²) in [7, 11) is 0. The molecule has 0 atom stereocenters. The topological polar surface area (TPSA) is 63.2 Å². The van der Waals surface area contributed by atoms with Crippen molar-refractivity contribution >= 4 is 11.7 Å². The molecular formula is C16H17N3O2. The van der Waals surface area contributed by atoms with Gasteiger partial charge in [0, 0.05) is 24.0 Å². The number of anilines is 1. The zero-order valence-electron chi connectivity index (χ0n) is 11.8. The minimum atomic E-state index is -0.169. The van der Waals surface area contributed by atoms with Crippen molar-refractivity contribution in [3.63, 3.8) is 0 Å². The van der Waals surface area contributed by atoms with Crippen LogP contribution in [0.3, 0.4) is 0 Å². The Morgan fingerprint density at radius 1 is 1.24 bits per heavy atom. The molecule has 0 fully saturated rings. The molecule has 0 saturated carbocycles. The highest BCUT2D eigenvalue weighted by molar-refractivity contribution is 5.93. The van der Waals surface area contributed by atoms with Gasteiger partial charge in [0.25, 0.3) is 0 Å². The molecule has 0 radical (unpaired) electrons. The first-order valence-corrected chi connectivity index (χ1v) is 7.02. The Balaban J connectivity index is 1.90. The number of carbonyl (C=O) groups excluding carboxylic acids is 1. The molecule has 2 aromatic rings. The van der Waals surface area contributed by atoms with Gasteiger partial charge in [-0.15, -0.1) is 0 Å². The molecule has 0 saturated heterocycles. The third-order valence-corrected chi connectivity index (χ3v) is 3.32. The minimum absolute atomic E-state index is 0.169. The number of pyridine rings is 1. The molecule has 2 N–H and O–H groups in total. The van der Waals surface area contributed by atoms with Crippen molar-refractivity contribution in [3.05, 3.63) is 42.2 Å². The van der Waals surface area contributed by atoms with E-state index in [9.17, 15) is 4.79 Å². The van der Waals surface area contributed by atoms with Gasteiger partial charge in [-0.05, 0) is 29.7 Å². The molecule has 0 unspecified atom stereocenters. The second-order valence-corrected chi connectivity index (χ2v) is 4.94. The van der Waals surface area contributed by atoms with Crippen LogP contribution in [0.25, 0.3) is 11.1 Å². The molecular weight excluding hydrogens is 266 g/mol. The monoisotopic (exact) mass is 283 g/mol. The van der Waals surface area contributed by atoms with Crippen LogP contribution in [-0.2, 0) is 6.54 Å². The lowest BCUT2D eigenvalue weighted by atomic mass is 10.0. The van der Waals surface area contributed by atoms with Crippen LogP contribution in [0.5, 0.6) is 5.75 Å². The Bertz CT molecular complexity index is 670. The smallest absolute Gasteiger partial charge is 0.319 e. The summed E-state index contributed by atoms with van der Waals surface area (Å²) in [5.41, 5.74) is 3.89. The number of carbonyl (C=O) groups is 1. The van der Waals surface area contributed by atoms with Crippen LogP contribution in [0.15, 0.2) is 36.7 Å². The first kappa shape index (κ1) is 13.4. The van der Waals surface area contributed by atoms with Gasteiger partial charge in [-0.3, -0.25) is 4.98 Å². The van der Waals surface area contributed by atoms with Crippen molar-refractivity contribution in [2.45, 2.75) is 19.9 Å². The van der Waals surface area contributed by atoms with Crippen molar-refractivity contribution in [2.24, 2.45) is 0 Å². The highest BCUT2D eigenvalue weighted by atomic mass is 16.5. The molecule has 2 heterocycles. The SMILES string of the molecule is CCCOc1cncc(-c2ccc3c(c2)NC(=O)NC3)c1. The zero-order chi connectivity index (χ0) is 14.7. The summed E-state index contributed by atoms with van der Waals surface area (Å²) < 4.78 is 5.60. The molecule has 1 aromatic carbocycles. The highest BCUT2D eigenvalue weighted by Crippen LogP contribution is 2.28. The first-order valence-electron chi connectivity index (χ1n) is 7.02. The lowest BCUT2D eigenvalue weighted by molar-refractivity contribution is 0.251. The average Bonchev–Trinajstić information content (AvgIpc) is 2.52. The lowest BCUT2D eigenvalue weighted by Gasteiger charge is -2.19. The van der Waals surface area contributed by atoms with Crippen LogP contribution in [0.2, 0.25) is 0 Å². The highest BCUT2D eigenvalue weighted by Gasteiger charge is 2.14. The summed E-state index contributed by atoms with van der Waals surface area (Å²) in [6.45, 7) is 3.30. The Morgan fingerprint density at radius 3 is 3.00 bits per heavy atom. The largest absolute Gasteiger partial charge is 0.492 e. The van der Waals surface area contributed by atoms with Crippen LogP contribution < -0.4 is 15.4 Å². The number of hydrogen-bond donors (Lipinski definition) is 2. The van der Waals surface area contributed by atoms with E-state index in [1.807, 2.05) is 24.3 Å². The van der Waals surface area contributed by atoms with Crippen molar-refractivity contribution in [3.8, 4) is 16.9 Å². The fraction of sp³-hybridized carbons (Fsp3) is 0.250. The average molecular weight is 283 g/mol. The number of ether oxygens (including phenoxy) is 1. The molecule has 0 bridgehead atoms. The molecule has 21 heavy (non-hydrogen) atoms. The predicted octanol–water partition coefficient (Wildman–Crippen LogP) is 3.17. The summed E-state index contributed by atoms with van der Waals surface area (Å²) >= 11 is 0. The molecule has 5 nitrogen and oxygen atoms in total. The Labute approximate surface area is 123 Å². The maximum atomic E-state index is 11.4. The number of urea groups is 1. The molecule has 3 rings (SSSR count). The minimum Gasteiger partial charge on any atom is -0.492 e. The molecule has 5 heteroatoms. The maximum absolute atomic E-state index is 11.4. The Kier molecular flexibility index (Phi) is 3.73. The number of benzene rings is 1. The molecule has 0 spiro atoms. The summed E-state index contributed by atoms with van der Waals surface area (Å²) in [5.74, 6) is 0.762. The van der Waals surface area contributed by atoms with E-state index in [1.165, 1.54) is 0 Å². The molecule has 1 aromatic heterocycles. The van der Waals surface area contributed by atoms with Gasteiger partial charge in [-0.25, -0.2) is 4.79 Å². The van der Waals surface area contributed by atoms with E-state index in [2.05, 4.69) is 22.5 Å². The van der Waals surface area contributed by atoms with Gasteiger partial charge in [0.2, 0.25) is 0 Å². The molecule has 1 aliphatic heterocycles. The van der Waals surface area contributed by atoms with Gasteiger partial charge in [0.1, 0.15) is 5.75 Å². The van der Waals surface area contributed by atoms with Crippen LogP contribution in [0.4, 0.5) is 10.5 Å². The zero-order valence-corrected chi connectivity index (χ0v) is 11.8. The summed E-state index contributed by atoms with van der Waals surface area (Å²) in [4.78, 5) is 15.6. The third-order valence-electron chi connectivity index (χ3n) is 3.32. The van der Waals surface area contributed by atoms with Gasteiger partial charge < -0.3 is 15.4 Å². The van der Waals surface area contributed by atoms with Crippen molar-refractivity contribution in [1.29, 1.82) is 0 Å². The lowest BCUT2D eigenvalue weighted by Crippen LogP contribution is -2.33. The van der Waals surface area contributed by atoms with Gasteiger partial charge in [0.05, 0.1) is 12.8 Å². The third kappa shape index (κ3) is 2.97. The maximum Gasteiger partial charge on any atom is 0.319 e. The standard InChI is InChI=1S/C16H17N3O2/c1-2-5-21-14-6-13(8-17-10-14)11-3-4-12-9-18-16(20)19-15(12)7-11/h3-4,6-8,10H,2,5,9H2,1H3,(H2,18,19,20). The van der Waals surface area contributed by atoms with Crippen molar-refractivity contribution < 1.29 is 9.53 Å². The van der Waals surface area contributed by atoms with Gasteiger partial charge in [0.15, 0.2) is 0 Å². The Hall–Kier alpha value is -2.56. The number of nitrogens with zero attached hydrogens (tertiary/aromatic N) is 1. The number of hydrogen-bond acceptors (Lipinski definition) is 3. The summed E-state index contributed by atoms with van der Waals surface area (Å²) in [6, 6.07) is 7.80. The van der Waals surface area contributed by atoms with E-state index in [1.54, 1.807) is 12.4 Å². The van der Waals surface area contributed by atoms with Crippen LogP contribution in [-0.4, -0.2) is 17.6 Å². The van der Waals surface area contributed by atoms with Gasteiger partial charge in [-0.2, -0.15) is 0 Å². The number of amides is 2. The van der Waals surface area contributed by atoms with E-state index in [-0.39, 0.29) is 6.03 Å². The van der Waals surface area contributed by atoms with E-state index in [0.717, 1.165) is 34.5 Å². The van der Waals surface area contributed by atoms with E-state index in [4.69, 9.17) is 4.74 Å².